The van der Waals surface area contributed by atoms with Crippen LogP contribution < -0.4 is 26.6 Å². The molecule has 0 radical (unpaired) electrons. The van der Waals surface area contributed by atoms with Gasteiger partial charge in [0.25, 0.3) is 0 Å². The van der Waals surface area contributed by atoms with Crippen molar-refractivity contribution >= 4 is 80.6 Å². The van der Waals surface area contributed by atoms with E-state index in [1.165, 1.54) is 12.1 Å². The summed E-state index contributed by atoms with van der Waals surface area (Å²) in [6, 6.07) is 17.0. The third-order valence-corrected chi connectivity index (χ3v) is 13.9. The Kier molecular flexibility index (Phi) is 13.6. The summed E-state index contributed by atoms with van der Waals surface area (Å²) in [6.07, 6.45) is 1.43. The Morgan fingerprint density at radius 1 is 0.571 bits per heavy atom. The summed E-state index contributed by atoms with van der Waals surface area (Å²) in [4.78, 5) is 93.4. The summed E-state index contributed by atoms with van der Waals surface area (Å²) >= 11 is 12.6. The van der Waals surface area contributed by atoms with Crippen molar-refractivity contribution < 1.29 is 38.2 Å². The van der Waals surface area contributed by atoms with Gasteiger partial charge in [0.1, 0.15) is 22.5 Å². The standard InChI is InChI=1S/C46H51Cl2N7O8/c1-49-13-7-15-51-41(56)37-23-17-29(33(19-23)62-45(60)27-21-35(47)53-31-11-5-3-9-25(27)31)39(37)43(58)55-44(59)40-30-18-24(38(40)42(57)52-16-8-14-50-2)20-34(30)63-46(61)28-22-36(48)54-32-12-6-4-10-26(28)32/h3-6,9-12,21-24,29-30,33-34,37-40,49-50H,7-8,13-20H2,1-2H3,(H,51,56)(H,52,57)(H,55,58,59). The predicted molar refractivity (Wildman–Crippen MR) is 235 cm³/mol. The second-order valence-corrected chi connectivity index (χ2v) is 17.9. The molecule has 17 heteroatoms. The number of fused-ring (bicyclic) bond motifs is 6. The highest BCUT2D eigenvalue weighted by atomic mass is 35.5. The average molecular weight is 901 g/mol. The van der Waals surface area contributed by atoms with Gasteiger partial charge < -0.3 is 30.7 Å². The highest BCUT2D eigenvalue weighted by Crippen LogP contribution is 2.56. The van der Waals surface area contributed by atoms with E-state index in [2.05, 4.69) is 36.6 Å². The Hall–Kier alpha value is -5.22. The van der Waals surface area contributed by atoms with Crippen LogP contribution in [-0.4, -0.2) is 98.0 Å². The van der Waals surface area contributed by atoms with Crippen molar-refractivity contribution in [3.8, 4) is 0 Å². The molecule has 0 spiro atoms. The van der Waals surface area contributed by atoms with Gasteiger partial charge in [-0.3, -0.25) is 24.5 Å². The van der Waals surface area contributed by atoms with Crippen molar-refractivity contribution in [1.29, 1.82) is 0 Å². The van der Waals surface area contributed by atoms with Crippen LogP contribution in [0.25, 0.3) is 21.8 Å². The van der Waals surface area contributed by atoms with Crippen LogP contribution in [0.5, 0.6) is 0 Å². The molecule has 2 aromatic carbocycles. The van der Waals surface area contributed by atoms with Gasteiger partial charge in [-0.2, -0.15) is 0 Å². The molecule has 8 rings (SSSR count). The molecule has 0 saturated heterocycles. The van der Waals surface area contributed by atoms with E-state index in [1.54, 1.807) is 48.5 Å². The number of ether oxygens (including phenoxy) is 2. The van der Waals surface area contributed by atoms with Crippen molar-refractivity contribution in [2.24, 2.45) is 47.3 Å². The quantitative estimate of drug-likeness (QED) is 0.0457. The van der Waals surface area contributed by atoms with Gasteiger partial charge in [0.15, 0.2) is 0 Å². The zero-order valence-corrected chi connectivity index (χ0v) is 36.5. The Bertz CT molecular complexity index is 2270. The fourth-order valence-electron chi connectivity index (χ4n) is 10.8. The number of nitrogens with one attached hydrogen (secondary N) is 5. The van der Waals surface area contributed by atoms with Crippen LogP contribution in [0, 0.1) is 47.3 Å². The van der Waals surface area contributed by atoms with Gasteiger partial charge in [-0.1, -0.05) is 59.6 Å². The first-order valence-electron chi connectivity index (χ1n) is 21.7. The molecule has 4 amide bonds. The van der Waals surface area contributed by atoms with Gasteiger partial charge in [0, 0.05) is 35.7 Å². The zero-order valence-electron chi connectivity index (χ0n) is 35.0. The van der Waals surface area contributed by atoms with E-state index >= 15 is 0 Å². The lowest BCUT2D eigenvalue weighted by Crippen LogP contribution is -2.53. The van der Waals surface area contributed by atoms with Crippen LogP contribution >= 0.6 is 23.2 Å². The smallest absolute Gasteiger partial charge is 0.339 e. The number of esters is 2. The van der Waals surface area contributed by atoms with Gasteiger partial charge in [-0.05, 0) is 102 Å². The first-order chi connectivity index (χ1) is 30.5. The number of imide groups is 1. The Balaban J connectivity index is 1.04. The highest BCUT2D eigenvalue weighted by molar-refractivity contribution is 6.31. The maximum atomic E-state index is 14.6. The summed E-state index contributed by atoms with van der Waals surface area (Å²) in [5.74, 6) is -8.61. The lowest BCUT2D eigenvalue weighted by Gasteiger charge is -2.36. The number of hydrogen-bond acceptors (Lipinski definition) is 12. The van der Waals surface area contributed by atoms with Gasteiger partial charge in [-0.25, -0.2) is 19.6 Å². The molecule has 4 saturated carbocycles. The largest absolute Gasteiger partial charge is 0.458 e. The summed E-state index contributed by atoms with van der Waals surface area (Å²) in [6.45, 7) is 2.12. The molecule has 2 aromatic heterocycles. The molecule has 332 valence electrons. The number of rotatable bonds is 16. The first-order valence-corrected chi connectivity index (χ1v) is 22.4. The minimum Gasteiger partial charge on any atom is -0.458 e. The maximum absolute atomic E-state index is 14.6. The van der Waals surface area contributed by atoms with E-state index in [0.29, 0.717) is 86.5 Å². The van der Waals surface area contributed by atoms with E-state index in [9.17, 15) is 28.8 Å². The molecule has 15 nitrogen and oxygen atoms in total. The SMILES string of the molecule is CNCCCNC(=O)C1C2CC(OC(=O)c3cc(Cl)nc4ccccc34)C(C2)C1C(=O)NC(=O)C1C2CC(CC2OC(=O)c2cc(Cl)nc3ccccc23)C1C(=O)NCCCNC. The van der Waals surface area contributed by atoms with Gasteiger partial charge >= 0.3 is 11.9 Å². The molecule has 2 heterocycles. The topological polar surface area (TPSA) is 207 Å². The summed E-state index contributed by atoms with van der Waals surface area (Å²) in [5.41, 5.74) is 1.50. The number of amides is 4. The van der Waals surface area contributed by atoms with Crippen LogP contribution in [0.2, 0.25) is 10.3 Å². The lowest BCUT2D eigenvalue weighted by molar-refractivity contribution is -0.147. The van der Waals surface area contributed by atoms with E-state index < -0.39 is 71.5 Å². The van der Waals surface area contributed by atoms with E-state index in [0.717, 1.165) is 0 Å². The molecule has 5 N–H and O–H groups in total. The molecule has 63 heavy (non-hydrogen) atoms. The van der Waals surface area contributed by atoms with Gasteiger partial charge in [0.05, 0.1) is 45.8 Å². The van der Waals surface area contributed by atoms with Crippen molar-refractivity contribution in [2.45, 2.75) is 50.7 Å². The van der Waals surface area contributed by atoms with Crippen molar-refractivity contribution in [1.82, 2.24) is 36.6 Å². The second-order valence-electron chi connectivity index (χ2n) is 17.2. The third kappa shape index (κ3) is 9.11. The van der Waals surface area contributed by atoms with E-state index in [1.807, 2.05) is 14.1 Å². The summed E-state index contributed by atoms with van der Waals surface area (Å²) in [7, 11) is 3.64. The fourth-order valence-corrected chi connectivity index (χ4v) is 11.2. The van der Waals surface area contributed by atoms with Crippen LogP contribution in [-0.2, 0) is 28.7 Å². The number of hydrogen-bond donors (Lipinski definition) is 5. The van der Waals surface area contributed by atoms with Crippen molar-refractivity contribution in [3.05, 3.63) is 82.1 Å². The predicted octanol–water partition coefficient (Wildman–Crippen LogP) is 4.48. The molecule has 0 aliphatic heterocycles. The van der Waals surface area contributed by atoms with Crippen molar-refractivity contribution in [3.63, 3.8) is 0 Å². The molecule has 10 atom stereocenters. The Morgan fingerprint density at radius 3 is 1.40 bits per heavy atom. The molecule has 10 unspecified atom stereocenters. The summed E-state index contributed by atoms with van der Waals surface area (Å²) < 4.78 is 12.3. The van der Waals surface area contributed by atoms with E-state index in [4.69, 9.17) is 32.7 Å². The maximum Gasteiger partial charge on any atom is 0.339 e. The normalized spacial score (nSPS) is 26.7. The number of para-hydroxylation sites is 2. The minimum absolute atomic E-state index is 0.122. The molecule has 4 fully saturated rings. The van der Waals surface area contributed by atoms with Crippen molar-refractivity contribution in [2.75, 3.05) is 40.3 Å². The number of aromatic nitrogens is 2. The number of pyridine rings is 2. The average Bonchev–Trinajstić information content (AvgIpc) is 4.06. The molecule has 4 aromatic rings. The van der Waals surface area contributed by atoms with Crippen LogP contribution in [0.4, 0.5) is 0 Å². The Labute approximate surface area is 374 Å². The molecule has 4 aliphatic rings. The number of carbonyl (C=O) groups excluding carboxylic acids is 6. The Morgan fingerprint density at radius 2 is 0.984 bits per heavy atom. The number of halogens is 2. The van der Waals surface area contributed by atoms with Crippen LogP contribution in [0.3, 0.4) is 0 Å². The monoisotopic (exact) mass is 899 g/mol. The molecular formula is C46H51Cl2N7O8. The number of nitrogens with zero attached hydrogens (tertiary/aromatic N) is 2. The van der Waals surface area contributed by atoms with Crippen LogP contribution in [0.1, 0.15) is 59.2 Å². The minimum atomic E-state index is -1.02. The number of carbonyl (C=O) groups is 6. The van der Waals surface area contributed by atoms with Gasteiger partial charge in [0.2, 0.25) is 23.6 Å². The number of benzene rings is 2. The molecular weight excluding hydrogens is 849 g/mol. The highest BCUT2D eigenvalue weighted by Gasteiger charge is 2.62. The lowest BCUT2D eigenvalue weighted by atomic mass is 9.75. The fraction of sp³-hybridized carbons (Fsp3) is 0.478. The van der Waals surface area contributed by atoms with Crippen LogP contribution in [0.15, 0.2) is 60.7 Å². The first kappa shape index (κ1) is 44.4. The summed E-state index contributed by atoms with van der Waals surface area (Å²) in [5, 5.41) is 16.1. The zero-order chi connectivity index (χ0) is 44.4. The third-order valence-electron chi connectivity index (χ3n) is 13.5. The van der Waals surface area contributed by atoms with E-state index in [-0.39, 0.29) is 45.1 Å². The van der Waals surface area contributed by atoms with Gasteiger partial charge in [-0.15, -0.1) is 0 Å². The molecule has 4 aliphatic carbocycles. The second kappa shape index (κ2) is 19.3. The molecule has 4 bridgehead atoms.